The molecule has 0 radical (unpaired) electrons. The van der Waals surface area contributed by atoms with E-state index < -0.39 is 11.6 Å². The summed E-state index contributed by atoms with van der Waals surface area (Å²) in [5.41, 5.74) is 6.75. The second-order valence-electron chi connectivity index (χ2n) is 4.88. The monoisotopic (exact) mass is 331 g/mol. The molecule has 0 saturated heterocycles. The SMILES string of the molecule is Nc1cc(F)ccc1Oc1ccccc1-c1cccc(Cl)c1F. The molecule has 2 nitrogen and oxygen atoms in total. The average Bonchev–Trinajstić information content (AvgIpc) is 2.53. The lowest BCUT2D eigenvalue weighted by Gasteiger charge is -2.13. The lowest BCUT2D eigenvalue weighted by Crippen LogP contribution is -1.95. The molecule has 3 aromatic carbocycles. The Kier molecular flexibility index (Phi) is 4.17. The average molecular weight is 332 g/mol. The van der Waals surface area contributed by atoms with Crippen molar-refractivity contribution in [1.82, 2.24) is 0 Å². The van der Waals surface area contributed by atoms with E-state index in [9.17, 15) is 8.78 Å². The van der Waals surface area contributed by atoms with Crippen molar-refractivity contribution in [3.05, 3.63) is 77.3 Å². The highest BCUT2D eigenvalue weighted by Gasteiger charge is 2.14. The number of hydrogen-bond donors (Lipinski definition) is 1. The van der Waals surface area contributed by atoms with Crippen molar-refractivity contribution in [3.8, 4) is 22.6 Å². The van der Waals surface area contributed by atoms with Gasteiger partial charge in [-0.25, -0.2) is 8.78 Å². The molecule has 5 heteroatoms. The van der Waals surface area contributed by atoms with E-state index in [4.69, 9.17) is 22.1 Å². The highest BCUT2D eigenvalue weighted by atomic mass is 35.5. The number of benzene rings is 3. The first-order valence-electron chi connectivity index (χ1n) is 6.82. The van der Waals surface area contributed by atoms with Gasteiger partial charge in [-0.15, -0.1) is 0 Å². The summed E-state index contributed by atoms with van der Waals surface area (Å²) in [4.78, 5) is 0. The van der Waals surface area contributed by atoms with Crippen LogP contribution in [0.25, 0.3) is 11.1 Å². The van der Waals surface area contributed by atoms with E-state index in [1.807, 2.05) is 0 Å². The predicted octanol–water partition coefficient (Wildman–Crippen LogP) is 5.66. The summed E-state index contributed by atoms with van der Waals surface area (Å²) in [7, 11) is 0. The van der Waals surface area contributed by atoms with Gasteiger partial charge in [0.1, 0.15) is 17.4 Å². The minimum atomic E-state index is -0.530. The second-order valence-corrected chi connectivity index (χ2v) is 5.29. The standard InChI is InChI=1S/C18H12ClF2NO/c19-14-6-3-5-13(18(14)21)12-4-1-2-7-16(12)23-17-9-8-11(20)10-15(17)22/h1-10H,22H2. The van der Waals surface area contributed by atoms with Crippen molar-refractivity contribution >= 4 is 17.3 Å². The second kappa shape index (κ2) is 6.26. The summed E-state index contributed by atoms with van der Waals surface area (Å²) in [6.07, 6.45) is 0. The molecule has 0 bridgehead atoms. The van der Waals surface area contributed by atoms with Gasteiger partial charge >= 0.3 is 0 Å². The predicted molar refractivity (Wildman–Crippen MR) is 87.7 cm³/mol. The quantitative estimate of drug-likeness (QED) is 0.628. The van der Waals surface area contributed by atoms with E-state index in [0.29, 0.717) is 22.6 Å². The summed E-state index contributed by atoms with van der Waals surface area (Å²) >= 11 is 5.84. The van der Waals surface area contributed by atoms with Gasteiger partial charge in [-0.3, -0.25) is 0 Å². The number of rotatable bonds is 3. The van der Waals surface area contributed by atoms with E-state index in [-0.39, 0.29) is 10.7 Å². The van der Waals surface area contributed by atoms with E-state index in [1.165, 1.54) is 18.2 Å². The van der Waals surface area contributed by atoms with Crippen molar-refractivity contribution in [2.45, 2.75) is 0 Å². The van der Waals surface area contributed by atoms with Gasteiger partial charge in [0.25, 0.3) is 0 Å². The molecule has 0 atom stereocenters. The third-order valence-electron chi connectivity index (χ3n) is 3.32. The maximum atomic E-state index is 14.3. The molecule has 23 heavy (non-hydrogen) atoms. The van der Waals surface area contributed by atoms with Gasteiger partial charge in [-0.05, 0) is 24.3 Å². The Morgan fingerprint density at radius 1 is 0.826 bits per heavy atom. The third kappa shape index (κ3) is 3.12. The van der Waals surface area contributed by atoms with Crippen LogP contribution in [0.1, 0.15) is 0 Å². The molecule has 0 spiro atoms. The van der Waals surface area contributed by atoms with Gasteiger partial charge in [-0.2, -0.15) is 0 Å². The van der Waals surface area contributed by atoms with Gasteiger partial charge in [0.05, 0.1) is 10.7 Å². The minimum Gasteiger partial charge on any atom is -0.455 e. The fourth-order valence-electron chi connectivity index (χ4n) is 2.22. The van der Waals surface area contributed by atoms with Crippen molar-refractivity contribution in [3.63, 3.8) is 0 Å². The van der Waals surface area contributed by atoms with Crippen LogP contribution in [0.15, 0.2) is 60.7 Å². The molecule has 0 amide bonds. The smallest absolute Gasteiger partial charge is 0.150 e. The highest BCUT2D eigenvalue weighted by Crippen LogP contribution is 2.37. The van der Waals surface area contributed by atoms with Crippen LogP contribution in [0.5, 0.6) is 11.5 Å². The van der Waals surface area contributed by atoms with E-state index in [0.717, 1.165) is 6.07 Å². The molecule has 0 aromatic heterocycles. The zero-order valence-corrected chi connectivity index (χ0v) is 12.6. The van der Waals surface area contributed by atoms with Gasteiger partial charge in [0.2, 0.25) is 0 Å². The maximum absolute atomic E-state index is 14.3. The van der Waals surface area contributed by atoms with Crippen LogP contribution in [0.3, 0.4) is 0 Å². The first-order valence-corrected chi connectivity index (χ1v) is 7.20. The van der Waals surface area contributed by atoms with Crippen LogP contribution >= 0.6 is 11.6 Å². The van der Waals surface area contributed by atoms with E-state index in [2.05, 4.69) is 0 Å². The van der Waals surface area contributed by atoms with Gasteiger partial charge in [0, 0.05) is 17.2 Å². The van der Waals surface area contributed by atoms with Gasteiger partial charge in [0.15, 0.2) is 5.75 Å². The molecule has 116 valence electrons. The first-order chi connectivity index (χ1) is 11.1. The van der Waals surface area contributed by atoms with Crippen LogP contribution in [0.2, 0.25) is 5.02 Å². The number of hydrogen-bond acceptors (Lipinski definition) is 2. The highest BCUT2D eigenvalue weighted by molar-refractivity contribution is 6.31. The molecule has 2 N–H and O–H groups in total. The normalized spacial score (nSPS) is 10.6. The summed E-state index contributed by atoms with van der Waals surface area (Å²) in [6, 6.07) is 15.5. The number of nitrogen functional groups attached to an aromatic ring is 1. The molecule has 0 unspecified atom stereocenters. The number of anilines is 1. The third-order valence-corrected chi connectivity index (χ3v) is 3.61. The van der Waals surface area contributed by atoms with Crippen LogP contribution in [-0.2, 0) is 0 Å². The Morgan fingerprint density at radius 3 is 2.35 bits per heavy atom. The Balaban J connectivity index is 2.06. The molecule has 0 aliphatic carbocycles. The fraction of sp³-hybridized carbons (Fsp3) is 0. The molecule has 3 rings (SSSR count). The molecule has 0 aliphatic rings. The molecule has 3 aromatic rings. The molecular weight excluding hydrogens is 320 g/mol. The Morgan fingerprint density at radius 2 is 1.57 bits per heavy atom. The first kappa shape index (κ1) is 15.3. The van der Waals surface area contributed by atoms with Crippen LogP contribution < -0.4 is 10.5 Å². The number of nitrogens with two attached hydrogens (primary N) is 1. The Hall–Kier alpha value is -2.59. The van der Waals surface area contributed by atoms with Gasteiger partial charge < -0.3 is 10.5 Å². The van der Waals surface area contributed by atoms with E-state index in [1.54, 1.807) is 36.4 Å². The molecule has 0 saturated carbocycles. The number of ether oxygens (including phenoxy) is 1. The van der Waals surface area contributed by atoms with Crippen molar-refractivity contribution < 1.29 is 13.5 Å². The largest absolute Gasteiger partial charge is 0.455 e. The van der Waals surface area contributed by atoms with Crippen molar-refractivity contribution in [2.24, 2.45) is 0 Å². The van der Waals surface area contributed by atoms with Crippen molar-refractivity contribution in [2.75, 3.05) is 5.73 Å². The Bertz CT molecular complexity index is 867. The summed E-state index contributed by atoms with van der Waals surface area (Å²) in [5, 5.41) is 0.0265. The molecule has 0 heterocycles. The topological polar surface area (TPSA) is 35.2 Å². The summed E-state index contributed by atoms with van der Waals surface area (Å²) < 4.78 is 33.1. The van der Waals surface area contributed by atoms with Gasteiger partial charge in [-0.1, -0.05) is 41.9 Å². The van der Waals surface area contributed by atoms with Crippen LogP contribution in [0, 0.1) is 11.6 Å². The van der Waals surface area contributed by atoms with Crippen LogP contribution in [0.4, 0.5) is 14.5 Å². The fourth-order valence-corrected chi connectivity index (χ4v) is 2.40. The minimum absolute atomic E-state index is 0.0265. The maximum Gasteiger partial charge on any atom is 0.150 e. The zero-order valence-electron chi connectivity index (χ0n) is 11.9. The summed E-state index contributed by atoms with van der Waals surface area (Å²) in [6.45, 7) is 0. The number of halogens is 3. The molecular formula is C18H12ClF2NO. The summed E-state index contributed by atoms with van der Waals surface area (Å²) in [5.74, 6) is -0.297. The number of para-hydroxylation sites is 1. The van der Waals surface area contributed by atoms with Crippen molar-refractivity contribution in [1.29, 1.82) is 0 Å². The lowest BCUT2D eigenvalue weighted by molar-refractivity contribution is 0.484. The van der Waals surface area contributed by atoms with E-state index >= 15 is 0 Å². The Labute approximate surface area is 137 Å². The lowest BCUT2D eigenvalue weighted by atomic mass is 10.0. The zero-order chi connectivity index (χ0) is 16.4. The van der Waals surface area contributed by atoms with Crippen LogP contribution in [-0.4, -0.2) is 0 Å². The molecule has 0 aliphatic heterocycles. The molecule has 0 fully saturated rings.